The van der Waals surface area contributed by atoms with E-state index in [0.717, 1.165) is 58.4 Å². The Morgan fingerprint density at radius 1 is 0.974 bits per heavy atom. The molecule has 1 aliphatic heterocycles. The zero-order valence-corrected chi connectivity index (χ0v) is 22.2. The van der Waals surface area contributed by atoms with Gasteiger partial charge in [-0.25, -0.2) is 4.99 Å². The lowest BCUT2D eigenvalue weighted by Gasteiger charge is -2.30. The second-order valence-corrected chi connectivity index (χ2v) is 11.2. The van der Waals surface area contributed by atoms with Gasteiger partial charge in [0.05, 0.1) is 16.3 Å². The van der Waals surface area contributed by atoms with E-state index in [-0.39, 0.29) is 11.6 Å². The fourth-order valence-corrected chi connectivity index (χ4v) is 6.99. The Morgan fingerprint density at radius 2 is 1.76 bits per heavy atom. The van der Waals surface area contributed by atoms with Crippen molar-refractivity contribution in [2.45, 2.75) is 45.2 Å². The van der Waals surface area contributed by atoms with Crippen LogP contribution in [0.1, 0.15) is 54.5 Å². The summed E-state index contributed by atoms with van der Waals surface area (Å²) < 4.78 is 5.00. The number of aromatic nitrogens is 2. The molecule has 0 radical (unpaired) electrons. The summed E-state index contributed by atoms with van der Waals surface area (Å²) in [7, 11) is 0. The predicted molar refractivity (Wildman–Crippen MR) is 156 cm³/mol. The number of allylic oxidation sites excluding steroid dienone is 1. The lowest BCUT2D eigenvalue weighted by Crippen LogP contribution is -2.38. The molecule has 0 N–H and O–H groups in total. The van der Waals surface area contributed by atoms with Gasteiger partial charge in [-0.3, -0.25) is 9.36 Å². The Kier molecular flexibility index (Phi) is 5.74. The smallest absolute Gasteiger partial charge is 0.271 e. The van der Waals surface area contributed by atoms with Crippen molar-refractivity contribution in [3.63, 3.8) is 0 Å². The normalized spacial score (nSPS) is 16.8. The van der Waals surface area contributed by atoms with Crippen molar-refractivity contribution in [2.24, 2.45) is 4.99 Å². The van der Waals surface area contributed by atoms with Gasteiger partial charge >= 0.3 is 0 Å². The molecule has 0 saturated carbocycles. The molecule has 2 aliphatic rings. The van der Waals surface area contributed by atoms with Crippen LogP contribution in [0.5, 0.6) is 0 Å². The highest BCUT2D eigenvalue weighted by atomic mass is 32.1. The van der Waals surface area contributed by atoms with Crippen molar-refractivity contribution in [1.82, 2.24) is 9.13 Å². The van der Waals surface area contributed by atoms with Crippen molar-refractivity contribution in [2.75, 3.05) is 0 Å². The SMILES string of the molecule is CCCCn1cc(/C=c2\sc3n(c2=O)[C@@H](c2ccccc2)C2=C(N=3)c3ccccc3CC2)c2ccccc21. The van der Waals surface area contributed by atoms with Crippen LogP contribution in [0.4, 0.5) is 0 Å². The third-order valence-electron chi connectivity index (χ3n) is 7.85. The number of unbranched alkanes of at least 4 members (excludes halogenated alkanes) is 1. The van der Waals surface area contributed by atoms with E-state index in [9.17, 15) is 4.79 Å². The highest BCUT2D eigenvalue weighted by Gasteiger charge is 2.32. The molecule has 0 amide bonds. The number of hydrogen-bond acceptors (Lipinski definition) is 3. The fraction of sp³-hybridized carbons (Fsp3) is 0.212. The zero-order valence-electron chi connectivity index (χ0n) is 21.4. The summed E-state index contributed by atoms with van der Waals surface area (Å²) in [5.41, 5.74) is 8.31. The van der Waals surface area contributed by atoms with Crippen LogP contribution in [0.3, 0.4) is 0 Å². The lowest BCUT2D eigenvalue weighted by atomic mass is 9.83. The van der Waals surface area contributed by atoms with Crippen molar-refractivity contribution in [3.8, 4) is 0 Å². The summed E-state index contributed by atoms with van der Waals surface area (Å²) in [5.74, 6) is 0. The number of hydrogen-bond donors (Lipinski definition) is 0. The molecule has 38 heavy (non-hydrogen) atoms. The molecule has 188 valence electrons. The van der Waals surface area contributed by atoms with E-state index in [1.807, 2.05) is 10.6 Å². The second kappa shape index (κ2) is 9.41. The van der Waals surface area contributed by atoms with E-state index in [1.54, 1.807) is 0 Å². The Bertz CT molecular complexity index is 1890. The van der Waals surface area contributed by atoms with Crippen molar-refractivity contribution >= 4 is 34.0 Å². The van der Waals surface area contributed by atoms with Gasteiger partial charge in [-0.05, 0) is 48.1 Å². The van der Waals surface area contributed by atoms with Gasteiger partial charge in [0.1, 0.15) is 0 Å². The summed E-state index contributed by atoms with van der Waals surface area (Å²) in [6.45, 7) is 3.20. The quantitative estimate of drug-likeness (QED) is 0.280. The maximum absolute atomic E-state index is 14.1. The number of para-hydroxylation sites is 1. The van der Waals surface area contributed by atoms with E-state index in [1.165, 1.54) is 38.9 Å². The third-order valence-corrected chi connectivity index (χ3v) is 8.83. The highest BCUT2D eigenvalue weighted by molar-refractivity contribution is 7.07. The molecule has 0 saturated heterocycles. The van der Waals surface area contributed by atoms with Gasteiger partial charge in [0.15, 0.2) is 4.80 Å². The van der Waals surface area contributed by atoms with Crippen LogP contribution < -0.4 is 14.9 Å². The Labute approximate surface area is 225 Å². The lowest BCUT2D eigenvalue weighted by molar-refractivity contribution is 0.585. The molecular weight excluding hydrogens is 486 g/mol. The monoisotopic (exact) mass is 515 g/mol. The molecule has 3 heterocycles. The number of rotatable bonds is 5. The predicted octanol–water partition coefficient (Wildman–Crippen LogP) is 6.07. The molecule has 0 bridgehead atoms. The molecule has 1 aliphatic carbocycles. The second-order valence-electron chi connectivity index (χ2n) is 10.2. The van der Waals surface area contributed by atoms with Gasteiger partial charge in [0.2, 0.25) is 0 Å². The van der Waals surface area contributed by atoms with Gasteiger partial charge < -0.3 is 4.57 Å². The molecule has 0 unspecified atom stereocenters. The minimum Gasteiger partial charge on any atom is -0.347 e. The summed E-state index contributed by atoms with van der Waals surface area (Å²) in [4.78, 5) is 20.0. The minimum atomic E-state index is -0.135. The first-order chi connectivity index (χ1) is 18.7. The van der Waals surface area contributed by atoms with Gasteiger partial charge in [0.25, 0.3) is 5.56 Å². The van der Waals surface area contributed by atoms with Crippen LogP contribution in [0, 0.1) is 0 Å². The number of nitrogens with zero attached hydrogens (tertiary/aromatic N) is 3. The topological polar surface area (TPSA) is 39.3 Å². The number of fused-ring (bicyclic) bond motifs is 4. The Morgan fingerprint density at radius 3 is 2.63 bits per heavy atom. The van der Waals surface area contributed by atoms with Crippen molar-refractivity contribution < 1.29 is 0 Å². The number of aryl methyl sites for hydroxylation is 2. The van der Waals surface area contributed by atoms with Gasteiger partial charge in [-0.1, -0.05) is 97.5 Å². The zero-order chi connectivity index (χ0) is 25.6. The minimum absolute atomic E-state index is 0.0402. The van der Waals surface area contributed by atoms with E-state index in [0.29, 0.717) is 0 Å². The number of thiazole rings is 1. The molecule has 5 heteroatoms. The van der Waals surface area contributed by atoms with Crippen LogP contribution in [0.25, 0.3) is 22.7 Å². The molecule has 3 aromatic carbocycles. The number of benzene rings is 3. The standard InChI is InChI=1S/C33H29N3OS/c1-2-3-19-35-21-24(25-14-9-10-16-28(25)35)20-29-32(37)36-31(23-12-5-4-6-13-23)27-18-17-22-11-7-8-15-26(22)30(27)34-33(36)38-29/h4-16,20-21,31H,2-3,17-19H2,1H3/b29-20-/t31-/m0/s1. The molecular formula is C33H29N3OS. The Hall–Kier alpha value is -3.96. The molecule has 7 rings (SSSR count). The first kappa shape index (κ1) is 23.2. The van der Waals surface area contributed by atoms with Crippen LogP contribution in [-0.2, 0) is 13.0 Å². The average Bonchev–Trinajstić information content (AvgIpc) is 3.47. The van der Waals surface area contributed by atoms with E-state index in [2.05, 4.69) is 96.6 Å². The molecule has 4 nitrogen and oxygen atoms in total. The Balaban J connectivity index is 1.46. The molecule has 0 spiro atoms. The summed E-state index contributed by atoms with van der Waals surface area (Å²) >= 11 is 1.51. The molecule has 0 fully saturated rings. The summed E-state index contributed by atoms with van der Waals surface area (Å²) in [6, 6.07) is 27.4. The first-order valence-corrected chi connectivity index (χ1v) is 14.3. The highest BCUT2D eigenvalue weighted by Crippen LogP contribution is 2.41. The van der Waals surface area contributed by atoms with E-state index in [4.69, 9.17) is 4.99 Å². The van der Waals surface area contributed by atoms with E-state index < -0.39 is 0 Å². The van der Waals surface area contributed by atoms with Gasteiger partial charge in [-0.2, -0.15) is 0 Å². The molecule has 5 aromatic rings. The fourth-order valence-electron chi connectivity index (χ4n) is 6.00. The summed E-state index contributed by atoms with van der Waals surface area (Å²) in [5, 5.41) is 1.18. The average molecular weight is 516 g/mol. The maximum atomic E-state index is 14.1. The molecule has 2 aromatic heterocycles. The van der Waals surface area contributed by atoms with Crippen LogP contribution in [0.2, 0.25) is 0 Å². The molecule has 1 atom stereocenters. The maximum Gasteiger partial charge on any atom is 0.271 e. The van der Waals surface area contributed by atoms with Crippen molar-refractivity contribution in [3.05, 3.63) is 133 Å². The van der Waals surface area contributed by atoms with E-state index >= 15 is 0 Å². The third kappa shape index (κ3) is 3.72. The van der Waals surface area contributed by atoms with Gasteiger partial charge in [0, 0.05) is 34.8 Å². The largest absolute Gasteiger partial charge is 0.347 e. The van der Waals surface area contributed by atoms with Crippen LogP contribution in [0.15, 0.2) is 100 Å². The van der Waals surface area contributed by atoms with Crippen LogP contribution >= 0.6 is 11.3 Å². The van der Waals surface area contributed by atoms with Gasteiger partial charge in [-0.15, -0.1) is 0 Å². The first-order valence-electron chi connectivity index (χ1n) is 13.5. The van der Waals surface area contributed by atoms with Crippen molar-refractivity contribution in [1.29, 1.82) is 0 Å². The van der Waals surface area contributed by atoms with Crippen LogP contribution in [-0.4, -0.2) is 9.13 Å². The summed E-state index contributed by atoms with van der Waals surface area (Å²) in [6.07, 6.45) is 8.43.